The van der Waals surface area contributed by atoms with Gasteiger partial charge in [-0.15, -0.1) is 0 Å². The predicted molar refractivity (Wildman–Crippen MR) is 61.6 cm³/mol. The average Bonchev–Trinajstić information content (AvgIpc) is 2.13. The van der Waals surface area contributed by atoms with Gasteiger partial charge in [0.2, 0.25) is 0 Å². The Morgan fingerprint density at radius 1 is 1.07 bits per heavy atom. The molecule has 0 aliphatic rings. The molecular weight excluding hydrogens is 175 g/mol. The number of halogens is 1. The van der Waals surface area contributed by atoms with E-state index >= 15 is 0 Å². The molecule has 14 heavy (non-hydrogen) atoms. The third-order valence-corrected chi connectivity index (χ3v) is 1.49. The van der Waals surface area contributed by atoms with E-state index in [4.69, 9.17) is 0 Å². The number of rotatable bonds is 5. The van der Waals surface area contributed by atoms with Crippen molar-refractivity contribution in [2.24, 2.45) is 0 Å². The van der Waals surface area contributed by atoms with Crippen LogP contribution >= 0.6 is 0 Å². The van der Waals surface area contributed by atoms with Crippen LogP contribution in [0.2, 0.25) is 0 Å². The van der Waals surface area contributed by atoms with Crippen LogP contribution in [0.4, 0.5) is 4.39 Å². The van der Waals surface area contributed by atoms with Crippen LogP contribution in [-0.4, -0.2) is 0 Å². The Bertz CT molecular complexity index is 327. The highest BCUT2D eigenvalue weighted by atomic mass is 19.1. The number of hydrogen-bond acceptors (Lipinski definition) is 0. The van der Waals surface area contributed by atoms with E-state index in [1.807, 2.05) is 6.92 Å². The lowest BCUT2D eigenvalue weighted by Gasteiger charge is -1.98. The second-order valence-electron chi connectivity index (χ2n) is 2.96. The largest absolute Gasteiger partial charge is 0.207 e. The molecular formula is C13H15F. The summed E-state index contributed by atoms with van der Waals surface area (Å²) in [6.45, 7) is 16.3. The van der Waals surface area contributed by atoms with Gasteiger partial charge in [0.25, 0.3) is 0 Å². The molecule has 0 heterocycles. The van der Waals surface area contributed by atoms with Crippen LogP contribution in [0.3, 0.4) is 0 Å². The molecule has 0 aromatic rings. The molecule has 0 amide bonds. The quantitative estimate of drug-likeness (QED) is 0.568. The van der Waals surface area contributed by atoms with Crippen molar-refractivity contribution in [2.45, 2.75) is 6.92 Å². The molecule has 74 valence electrons. The summed E-state index contributed by atoms with van der Waals surface area (Å²) >= 11 is 0. The minimum absolute atomic E-state index is 0.417. The summed E-state index contributed by atoms with van der Waals surface area (Å²) in [5.41, 5.74) is 2.09. The van der Waals surface area contributed by atoms with E-state index in [-0.39, 0.29) is 0 Å². The van der Waals surface area contributed by atoms with Crippen molar-refractivity contribution in [1.29, 1.82) is 0 Å². The summed E-state index contributed by atoms with van der Waals surface area (Å²) in [6.07, 6.45) is 5.96. The monoisotopic (exact) mass is 190 g/mol. The van der Waals surface area contributed by atoms with E-state index in [9.17, 15) is 4.39 Å². The molecule has 0 unspecified atom stereocenters. The van der Waals surface area contributed by atoms with Gasteiger partial charge in [0.15, 0.2) is 0 Å². The number of allylic oxidation sites excluding steroid dienone is 8. The molecule has 0 aliphatic heterocycles. The van der Waals surface area contributed by atoms with Crippen LogP contribution in [-0.2, 0) is 0 Å². The topological polar surface area (TPSA) is 0 Å². The van der Waals surface area contributed by atoms with Crippen molar-refractivity contribution in [2.75, 3.05) is 0 Å². The van der Waals surface area contributed by atoms with Gasteiger partial charge in [-0.25, -0.2) is 4.39 Å². The molecule has 0 fully saturated rings. The SMILES string of the molecule is C=C/C(F)=C\C(=C)C(=C)/C=C\C(=C)C. The van der Waals surface area contributed by atoms with Gasteiger partial charge >= 0.3 is 0 Å². The van der Waals surface area contributed by atoms with Crippen molar-refractivity contribution >= 4 is 0 Å². The highest BCUT2D eigenvalue weighted by Gasteiger charge is 1.94. The summed E-state index contributed by atoms with van der Waals surface area (Å²) < 4.78 is 12.7. The maximum atomic E-state index is 12.7. The summed E-state index contributed by atoms with van der Waals surface area (Å²) in [5.74, 6) is -0.417. The zero-order valence-electron chi connectivity index (χ0n) is 8.52. The van der Waals surface area contributed by atoms with Crippen molar-refractivity contribution in [1.82, 2.24) is 0 Å². The Morgan fingerprint density at radius 3 is 2.07 bits per heavy atom. The van der Waals surface area contributed by atoms with Crippen LogP contribution in [0.15, 0.2) is 73.2 Å². The lowest BCUT2D eigenvalue weighted by Crippen LogP contribution is -1.79. The second kappa shape index (κ2) is 5.92. The van der Waals surface area contributed by atoms with Crippen molar-refractivity contribution in [3.05, 3.63) is 73.2 Å². The highest BCUT2D eigenvalue weighted by molar-refractivity contribution is 5.45. The van der Waals surface area contributed by atoms with Gasteiger partial charge in [0.05, 0.1) is 0 Å². The van der Waals surface area contributed by atoms with E-state index in [1.165, 1.54) is 6.08 Å². The fraction of sp³-hybridized carbons (Fsp3) is 0.0769. The summed E-state index contributed by atoms with van der Waals surface area (Å²) in [4.78, 5) is 0. The Morgan fingerprint density at radius 2 is 1.64 bits per heavy atom. The van der Waals surface area contributed by atoms with Gasteiger partial charge < -0.3 is 0 Å². The molecule has 0 aromatic carbocycles. The first-order valence-corrected chi connectivity index (χ1v) is 4.18. The molecule has 0 saturated heterocycles. The first-order chi connectivity index (χ1) is 6.47. The Balaban J connectivity index is 4.50. The first kappa shape index (κ1) is 12.4. The van der Waals surface area contributed by atoms with E-state index in [0.29, 0.717) is 11.1 Å². The molecule has 1 heteroatoms. The molecule has 0 saturated carbocycles. The van der Waals surface area contributed by atoms with Crippen LogP contribution in [0.1, 0.15) is 6.92 Å². The Labute approximate surface area is 85.1 Å². The van der Waals surface area contributed by atoms with Gasteiger partial charge in [0.1, 0.15) is 5.83 Å². The van der Waals surface area contributed by atoms with Crippen LogP contribution in [0, 0.1) is 0 Å². The van der Waals surface area contributed by atoms with Gasteiger partial charge in [-0.2, -0.15) is 0 Å². The smallest absolute Gasteiger partial charge is 0.123 e. The van der Waals surface area contributed by atoms with Gasteiger partial charge in [-0.05, 0) is 30.2 Å². The summed E-state index contributed by atoms with van der Waals surface area (Å²) in [7, 11) is 0. The molecule has 0 atom stereocenters. The van der Waals surface area contributed by atoms with E-state index in [2.05, 4.69) is 26.3 Å². The predicted octanol–water partition coefficient (Wildman–Crippen LogP) is 4.27. The van der Waals surface area contributed by atoms with Crippen molar-refractivity contribution in [3.8, 4) is 0 Å². The third kappa shape index (κ3) is 5.09. The maximum absolute atomic E-state index is 12.7. The van der Waals surface area contributed by atoms with E-state index in [1.54, 1.807) is 12.2 Å². The zero-order valence-corrected chi connectivity index (χ0v) is 8.52. The highest BCUT2D eigenvalue weighted by Crippen LogP contribution is 2.12. The molecule has 0 N–H and O–H groups in total. The van der Waals surface area contributed by atoms with Crippen molar-refractivity contribution < 1.29 is 4.39 Å². The molecule has 0 bridgehead atoms. The molecule has 0 radical (unpaired) electrons. The van der Waals surface area contributed by atoms with E-state index < -0.39 is 5.83 Å². The fourth-order valence-corrected chi connectivity index (χ4v) is 0.668. The van der Waals surface area contributed by atoms with Crippen LogP contribution in [0.25, 0.3) is 0 Å². The van der Waals surface area contributed by atoms with Crippen molar-refractivity contribution in [3.63, 3.8) is 0 Å². The lowest BCUT2D eigenvalue weighted by molar-refractivity contribution is 0.667. The van der Waals surface area contributed by atoms with Crippen LogP contribution < -0.4 is 0 Å². The summed E-state index contributed by atoms with van der Waals surface area (Å²) in [5, 5.41) is 0. The molecule has 0 nitrogen and oxygen atoms in total. The zero-order chi connectivity index (χ0) is 11.1. The standard InChI is InChI=1S/C13H15F/c1-6-13(14)9-12(5)11(4)8-7-10(2)3/h6-9H,1-2,4-5H2,3H3/b8-7-,13-9+. The van der Waals surface area contributed by atoms with E-state index in [0.717, 1.165) is 11.6 Å². The summed E-state index contributed by atoms with van der Waals surface area (Å²) in [6, 6.07) is 0. The molecule has 0 rings (SSSR count). The first-order valence-electron chi connectivity index (χ1n) is 4.18. The molecule has 0 spiro atoms. The minimum Gasteiger partial charge on any atom is -0.207 e. The normalized spacial score (nSPS) is 11.4. The number of hydrogen-bond donors (Lipinski definition) is 0. The lowest BCUT2D eigenvalue weighted by atomic mass is 10.1. The average molecular weight is 190 g/mol. The molecule has 0 aromatic heterocycles. The van der Waals surface area contributed by atoms with Gasteiger partial charge in [-0.1, -0.05) is 44.0 Å². The third-order valence-electron chi connectivity index (χ3n) is 1.49. The fourth-order valence-electron chi connectivity index (χ4n) is 0.668. The van der Waals surface area contributed by atoms with Gasteiger partial charge in [-0.3, -0.25) is 0 Å². The second-order valence-corrected chi connectivity index (χ2v) is 2.96. The Hall–Kier alpha value is -1.63. The maximum Gasteiger partial charge on any atom is 0.123 e. The minimum atomic E-state index is -0.417. The Kier molecular flexibility index (Phi) is 5.23. The molecule has 0 aliphatic carbocycles. The van der Waals surface area contributed by atoms with Crippen LogP contribution in [0.5, 0.6) is 0 Å². The van der Waals surface area contributed by atoms with Gasteiger partial charge in [0, 0.05) is 0 Å².